The molecule has 0 bridgehead atoms. The quantitative estimate of drug-likeness (QED) is 0.588. The minimum atomic E-state index is -0.500. The number of allylic oxidation sites excluding steroid dienone is 2. The van der Waals surface area contributed by atoms with E-state index in [1.807, 2.05) is 13.8 Å². The summed E-state index contributed by atoms with van der Waals surface area (Å²) in [6.07, 6.45) is 5.28. The molecule has 1 aliphatic carbocycles. The Kier molecular flexibility index (Phi) is 6.86. The zero-order chi connectivity index (χ0) is 21.8. The highest BCUT2D eigenvalue weighted by Crippen LogP contribution is 2.27. The molecule has 3 atom stereocenters. The van der Waals surface area contributed by atoms with Gasteiger partial charge in [-0.25, -0.2) is 19.3 Å². The largest absolute Gasteiger partial charge is 0.374 e. The predicted molar refractivity (Wildman–Crippen MR) is 116 cm³/mol. The molecule has 1 amide bonds. The van der Waals surface area contributed by atoms with Gasteiger partial charge in [0.15, 0.2) is 10.8 Å². The highest BCUT2D eigenvalue weighted by Gasteiger charge is 2.25. The van der Waals surface area contributed by atoms with Crippen LogP contribution in [-0.2, 0) is 9.47 Å². The highest BCUT2D eigenvalue weighted by molar-refractivity contribution is 7.19. The number of fused-ring (bicyclic) bond motifs is 1. The number of rotatable bonds is 7. The first-order valence-corrected chi connectivity index (χ1v) is 11.0. The minimum Gasteiger partial charge on any atom is -0.374 e. The van der Waals surface area contributed by atoms with E-state index < -0.39 is 6.10 Å². The van der Waals surface area contributed by atoms with Gasteiger partial charge in [0, 0.05) is 19.6 Å². The van der Waals surface area contributed by atoms with Crippen molar-refractivity contribution in [2.75, 3.05) is 31.6 Å². The fraction of sp³-hybridized carbons (Fsp3) is 0.500. The van der Waals surface area contributed by atoms with E-state index in [0.29, 0.717) is 40.9 Å². The lowest BCUT2D eigenvalue weighted by Gasteiger charge is -2.27. The fourth-order valence-corrected chi connectivity index (χ4v) is 4.16. The summed E-state index contributed by atoms with van der Waals surface area (Å²) < 4.78 is 25.1. The van der Waals surface area contributed by atoms with Gasteiger partial charge in [-0.15, -0.1) is 0 Å². The van der Waals surface area contributed by atoms with Gasteiger partial charge in [-0.05, 0) is 26.0 Å². The Morgan fingerprint density at radius 2 is 2.32 bits per heavy atom. The molecule has 0 saturated carbocycles. The lowest BCUT2D eigenvalue weighted by molar-refractivity contribution is 0.0287. The highest BCUT2D eigenvalue weighted by atomic mass is 32.1. The Bertz CT molecular complexity index is 988. The van der Waals surface area contributed by atoms with E-state index in [0.717, 1.165) is 6.54 Å². The number of anilines is 1. The van der Waals surface area contributed by atoms with Gasteiger partial charge in [-0.3, -0.25) is 4.79 Å². The molecule has 1 fully saturated rings. The van der Waals surface area contributed by atoms with Gasteiger partial charge in [-0.1, -0.05) is 17.4 Å². The second kappa shape index (κ2) is 9.77. The normalized spacial score (nSPS) is 23.7. The molecule has 2 aromatic rings. The van der Waals surface area contributed by atoms with Crippen molar-refractivity contribution in [1.29, 1.82) is 0 Å². The van der Waals surface area contributed by atoms with Gasteiger partial charge in [0.1, 0.15) is 28.6 Å². The number of thiazole rings is 1. The first-order valence-electron chi connectivity index (χ1n) is 10.2. The molecular formula is C20H25FN6O3S. The molecule has 9 nitrogen and oxygen atoms in total. The van der Waals surface area contributed by atoms with Crippen LogP contribution in [0.1, 0.15) is 23.6 Å². The Morgan fingerprint density at radius 1 is 1.45 bits per heavy atom. The van der Waals surface area contributed by atoms with Crippen LogP contribution >= 0.6 is 11.3 Å². The third kappa shape index (κ3) is 5.42. The van der Waals surface area contributed by atoms with Crippen molar-refractivity contribution in [1.82, 2.24) is 25.6 Å². The molecule has 3 N–H and O–H groups in total. The van der Waals surface area contributed by atoms with E-state index in [1.165, 1.54) is 29.8 Å². The van der Waals surface area contributed by atoms with E-state index in [1.54, 1.807) is 6.08 Å². The van der Waals surface area contributed by atoms with Gasteiger partial charge in [0.2, 0.25) is 0 Å². The lowest BCUT2D eigenvalue weighted by Crippen LogP contribution is -2.45. The molecule has 1 saturated heterocycles. The molecular weight excluding hydrogens is 423 g/mol. The second-order valence-corrected chi connectivity index (χ2v) is 8.51. The summed E-state index contributed by atoms with van der Waals surface area (Å²) in [7, 11) is 0. The number of halogens is 1. The molecule has 31 heavy (non-hydrogen) atoms. The Labute approximate surface area is 183 Å². The molecule has 1 aliphatic heterocycles. The van der Waals surface area contributed by atoms with Crippen LogP contribution in [0.4, 0.5) is 10.2 Å². The standard InChI is InChI=1S/C20H25FN6O3S/c1-11(2)30-15-7-12(21)3-4-14(15)26-17-16-19(25-10-24-17)31-20(27-16)18(28)23-9-13-8-22-5-6-29-13/h3-4,7,10-11,13-15,22H,5-6,8-9H2,1-2H3,(H,23,28)(H,24,25,26). The number of hydrogen-bond donors (Lipinski definition) is 3. The molecule has 4 rings (SSSR count). The van der Waals surface area contributed by atoms with Gasteiger partial charge >= 0.3 is 0 Å². The Hall–Kier alpha value is -2.47. The average molecular weight is 449 g/mol. The molecule has 2 aliphatic rings. The minimum absolute atomic E-state index is 0.0615. The van der Waals surface area contributed by atoms with Crippen LogP contribution in [0, 0.1) is 0 Å². The first-order chi connectivity index (χ1) is 15.0. The number of carbonyl (C=O) groups is 1. The van der Waals surface area contributed by atoms with E-state index in [-0.39, 0.29) is 30.0 Å². The van der Waals surface area contributed by atoms with Crippen LogP contribution in [0.15, 0.2) is 30.4 Å². The first kappa shape index (κ1) is 21.8. The number of carbonyl (C=O) groups excluding carboxylic acids is 1. The third-order valence-corrected chi connectivity index (χ3v) is 5.72. The van der Waals surface area contributed by atoms with E-state index >= 15 is 0 Å². The van der Waals surface area contributed by atoms with Gasteiger partial charge < -0.3 is 25.4 Å². The van der Waals surface area contributed by atoms with Crippen LogP contribution in [0.5, 0.6) is 0 Å². The summed E-state index contributed by atoms with van der Waals surface area (Å²) in [6.45, 7) is 6.33. The maximum absolute atomic E-state index is 13.7. The summed E-state index contributed by atoms with van der Waals surface area (Å²) in [4.78, 5) is 26.1. The second-order valence-electron chi connectivity index (χ2n) is 7.53. The number of morpholine rings is 1. The van der Waals surface area contributed by atoms with Crippen LogP contribution in [0.25, 0.3) is 10.3 Å². The Balaban J connectivity index is 1.48. The molecule has 2 aromatic heterocycles. The number of hydrogen-bond acceptors (Lipinski definition) is 9. The molecule has 3 unspecified atom stereocenters. The topological polar surface area (TPSA) is 110 Å². The molecule has 3 heterocycles. The Morgan fingerprint density at radius 3 is 3.10 bits per heavy atom. The van der Waals surface area contributed by atoms with Crippen LogP contribution in [0.3, 0.4) is 0 Å². The van der Waals surface area contributed by atoms with E-state index in [2.05, 4.69) is 30.9 Å². The summed E-state index contributed by atoms with van der Waals surface area (Å²) >= 11 is 1.19. The van der Waals surface area contributed by atoms with Crippen molar-refractivity contribution in [3.05, 3.63) is 35.4 Å². The molecule has 0 spiro atoms. The van der Waals surface area contributed by atoms with Gasteiger partial charge in [0.05, 0.1) is 24.9 Å². The number of ether oxygens (including phenoxy) is 2. The molecule has 0 aromatic carbocycles. The van der Waals surface area contributed by atoms with Crippen molar-refractivity contribution in [3.63, 3.8) is 0 Å². The van der Waals surface area contributed by atoms with E-state index in [4.69, 9.17) is 9.47 Å². The zero-order valence-corrected chi connectivity index (χ0v) is 18.1. The molecule has 166 valence electrons. The predicted octanol–water partition coefficient (Wildman–Crippen LogP) is 1.80. The van der Waals surface area contributed by atoms with Crippen molar-refractivity contribution < 1.29 is 18.7 Å². The SMILES string of the molecule is CC(C)OC1C=C(F)C=CC1Nc1ncnc2sc(C(=O)NCC3CNCCO3)nc12. The van der Waals surface area contributed by atoms with Crippen molar-refractivity contribution in [3.8, 4) is 0 Å². The average Bonchev–Trinajstić information content (AvgIpc) is 3.20. The summed E-state index contributed by atoms with van der Waals surface area (Å²) in [5.74, 6) is -0.171. The van der Waals surface area contributed by atoms with Crippen LogP contribution in [-0.4, -0.2) is 71.5 Å². The van der Waals surface area contributed by atoms with Crippen molar-refractivity contribution in [2.24, 2.45) is 0 Å². The molecule has 11 heteroatoms. The summed E-state index contributed by atoms with van der Waals surface area (Å²) in [5, 5.41) is 9.62. The number of aromatic nitrogens is 3. The fourth-order valence-electron chi connectivity index (χ4n) is 3.34. The maximum atomic E-state index is 13.7. The van der Waals surface area contributed by atoms with Crippen molar-refractivity contribution >= 4 is 33.4 Å². The smallest absolute Gasteiger partial charge is 0.280 e. The summed E-state index contributed by atoms with van der Waals surface area (Å²) in [5.41, 5.74) is 0.486. The number of nitrogens with one attached hydrogen (secondary N) is 3. The maximum Gasteiger partial charge on any atom is 0.280 e. The van der Waals surface area contributed by atoms with Gasteiger partial charge in [-0.2, -0.15) is 0 Å². The number of amides is 1. The van der Waals surface area contributed by atoms with Gasteiger partial charge in [0.25, 0.3) is 5.91 Å². The van der Waals surface area contributed by atoms with Crippen LogP contribution < -0.4 is 16.0 Å². The molecule has 0 radical (unpaired) electrons. The zero-order valence-electron chi connectivity index (χ0n) is 17.3. The monoisotopic (exact) mass is 448 g/mol. The third-order valence-electron chi connectivity index (χ3n) is 4.76. The number of nitrogens with zero attached hydrogens (tertiary/aromatic N) is 3. The lowest BCUT2D eigenvalue weighted by atomic mass is 10.0. The van der Waals surface area contributed by atoms with E-state index in [9.17, 15) is 9.18 Å². The van der Waals surface area contributed by atoms with Crippen LogP contribution in [0.2, 0.25) is 0 Å². The van der Waals surface area contributed by atoms with Crippen molar-refractivity contribution in [2.45, 2.75) is 38.2 Å². The summed E-state index contributed by atoms with van der Waals surface area (Å²) in [6, 6.07) is -0.338.